The van der Waals surface area contributed by atoms with Gasteiger partial charge in [0, 0.05) is 3.92 Å². The van der Waals surface area contributed by atoms with Gasteiger partial charge < -0.3 is 0 Å². The molecule has 15 heavy (non-hydrogen) atoms. The lowest BCUT2D eigenvalue weighted by atomic mass is 9.73. The van der Waals surface area contributed by atoms with Gasteiger partial charge in [0.15, 0.2) is 0 Å². The van der Waals surface area contributed by atoms with Gasteiger partial charge in [-0.15, -0.1) is 0 Å². The quantitative estimate of drug-likeness (QED) is 0.467. The van der Waals surface area contributed by atoms with Crippen LogP contribution in [0.15, 0.2) is 0 Å². The smallest absolute Gasteiger partial charge is 0.0135 e. The highest BCUT2D eigenvalue weighted by molar-refractivity contribution is 14.1. The Hall–Kier alpha value is 0.730. The summed E-state index contributed by atoms with van der Waals surface area (Å²) in [4.78, 5) is 0. The summed E-state index contributed by atoms with van der Waals surface area (Å²) in [6, 6.07) is 0. The van der Waals surface area contributed by atoms with Crippen molar-refractivity contribution in [2.45, 2.75) is 70.1 Å². The zero-order chi connectivity index (χ0) is 11.5. The van der Waals surface area contributed by atoms with Gasteiger partial charge in [-0.2, -0.15) is 0 Å². The summed E-state index contributed by atoms with van der Waals surface area (Å²) >= 11 is 2.62. The van der Waals surface area contributed by atoms with E-state index < -0.39 is 0 Å². The first-order valence-electron chi connectivity index (χ1n) is 6.63. The van der Waals surface area contributed by atoms with Crippen molar-refractivity contribution in [2.24, 2.45) is 17.3 Å². The Morgan fingerprint density at radius 3 is 2.20 bits per heavy atom. The van der Waals surface area contributed by atoms with Crippen LogP contribution in [0.1, 0.15) is 66.2 Å². The average Bonchev–Trinajstić information content (AvgIpc) is 2.70. The van der Waals surface area contributed by atoms with Gasteiger partial charge in [-0.05, 0) is 30.1 Å². The molecule has 1 fully saturated rings. The molecule has 0 aromatic heterocycles. The molecule has 90 valence electrons. The maximum absolute atomic E-state index is 2.62. The van der Waals surface area contributed by atoms with Crippen LogP contribution >= 0.6 is 22.6 Å². The van der Waals surface area contributed by atoms with E-state index in [2.05, 4.69) is 50.3 Å². The van der Waals surface area contributed by atoms with Crippen molar-refractivity contribution < 1.29 is 0 Å². The van der Waals surface area contributed by atoms with E-state index in [9.17, 15) is 0 Å². The molecule has 0 aromatic carbocycles. The molecule has 0 amide bonds. The molecule has 0 spiro atoms. The van der Waals surface area contributed by atoms with Crippen LogP contribution in [0.2, 0.25) is 0 Å². The molecule has 0 aromatic rings. The summed E-state index contributed by atoms with van der Waals surface area (Å²) in [5, 5.41) is 0. The highest BCUT2D eigenvalue weighted by Gasteiger charge is 2.32. The fourth-order valence-electron chi connectivity index (χ4n) is 3.02. The van der Waals surface area contributed by atoms with Gasteiger partial charge in [0.25, 0.3) is 0 Å². The number of alkyl halides is 1. The van der Waals surface area contributed by atoms with Crippen LogP contribution in [0.25, 0.3) is 0 Å². The van der Waals surface area contributed by atoms with E-state index in [0.717, 1.165) is 15.8 Å². The first-order valence-corrected chi connectivity index (χ1v) is 7.88. The Labute approximate surface area is 110 Å². The van der Waals surface area contributed by atoms with E-state index in [1.54, 1.807) is 0 Å². The Bertz CT molecular complexity index is 182. The van der Waals surface area contributed by atoms with Gasteiger partial charge in [-0.1, -0.05) is 76.0 Å². The zero-order valence-corrected chi connectivity index (χ0v) is 13.0. The van der Waals surface area contributed by atoms with E-state index in [1.165, 1.54) is 38.5 Å². The first kappa shape index (κ1) is 13.8. The molecular weight excluding hydrogens is 295 g/mol. The largest absolute Gasteiger partial charge is 0.0823 e. The molecule has 0 nitrogen and oxygen atoms in total. The predicted octanol–water partition coefficient (Wildman–Crippen LogP) is 5.44. The molecule has 1 aliphatic rings. The van der Waals surface area contributed by atoms with Crippen molar-refractivity contribution in [1.29, 1.82) is 0 Å². The number of hydrogen-bond donors (Lipinski definition) is 0. The second kappa shape index (κ2) is 5.88. The third kappa shape index (κ3) is 3.61. The second-order valence-corrected chi connectivity index (χ2v) is 7.72. The Balaban J connectivity index is 2.50. The fraction of sp³-hybridized carbons (Fsp3) is 1.00. The SMILES string of the molecule is CCC(C)(CC(C)C1CCCC1)C(C)I. The molecule has 1 saturated carbocycles. The van der Waals surface area contributed by atoms with E-state index in [1.807, 2.05) is 0 Å². The van der Waals surface area contributed by atoms with Crippen LogP contribution in [-0.2, 0) is 0 Å². The maximum Gasteiger partial charge on any atom is 0.0135 e. The average molecular weight is 322 g/mol. The molecule has 3 unspecified atom stereocenters. The second-order valence-electron chi connectivity index (χ2n) is 5.85. The topological polar surface area (TPSA) is 0 Å². The number of hydrogen-bond acceptors (Lipinski definition) is 0. The van der Waals surface area contributed by atoms with Gasteiger partial charge in [-0.25, -0.2) is 0 Å². The molecule has 0 heterocycles. The normalized spacial score (nSPS) is 26.2. The van der Waals surface area contributed by atoms with Crippen LogP contribution in [0.4, 0.5) is 0 Å². The van der Waals surface area contributed by atoms with Crippen LogP contribution in [0.5, 0.6) is 0 Å². The molecule has 1 rings (SSSR count). The number of rotatable bonds is 5. The van der Waals surface area contributed by atoms with Crippen LogP contribution in [-0.4, -0.2) is 3.92 Å². The van der Waals surface area contributed by atoms with Gasteiger partial charge in [0.05, 0.1) is 0 Å². The highest BCUT2D eigenvalue weighted by atomic mass is 127. The summed E-state index contributed by atoms with van der Waals surface area (Å²) in [7, 11) is 0. The Morgan fingerprint density at radius 1 is 1.27 bits per heavy atom. The molecular formula is C14H27I. The van der Waals surface area contributed by atoms with Gasteiger partial charge in [-0.3, -0.25) is 0 Å². The predicted molar refractivity (Wildman–Crippen MR) is 77.6 cm³/mol. The lowest BCUT2D eigenvalue weighted by Crippen LogP contribution is -2.29. The Kier molecular flexibility index (Phi) is 5.41. The molecule has 1 aliphatic carbocycles. The van der Waals surface area contributed by atoms with Gasteiger partial charge in [0.1, 0.15) is 0 Å². The lowest BCUT2D eigenvalue weighted by Gasteiger charge is -2.36. The van der Waals surface area contributed by atoms with Crippen molar-refractivity contribution in [3.63, 3.8) is 0 Å². The third-order valence-corrected chi connectivity index (χ3v) is 6.26. The lowest BCUT2D eigenvalue weighted by molar-refractivity contribution is 0.200. The van der Waals surface area contributed by atoms with Crippen LogP contribution in [0.3, 0.4) is 0 Å². The van der Waals surface area contributed by atoms with Crippen molar-refractivity contribution in [1.82, 2.24) is 0 Å². The van der Waals surface area contributed by atoms with Crippen molar-refractivity contribution in [3.05, 3.63) is 0 Å². The van der Waals surface area contributed by atoms with Crippen molar-refractivity contribution >= 4 is 22.6 Å². The van der Waals surface area contributed by atoms with E-state index in [0.29, 0.717) is 5.41 Å². The monoisotopic (exact) mass is 322 g/mol. The minimum atomic E-state index is 0.558. The number of halogens is 1. The van der Waals surface area contributed by atoms with Crippen LogP contribution in [0, 0.1) is 17.3 Å². The third-order valence-electron chi connectivity index (χ3n) is 4.76. The molecule has 0 N–H and O–H groups in total. The van der Waals surface area contributed by atoms with Crippen molar-refractivity contribution in [2.75, 3.05) is 0 Å². The molecule has 0 radical (unpaired) electrons. The van der Waals surface area contributed by atoms with E-state index in [4.69, 9.17) is 0 Å². The maximum atomic E-state index is 2.62. The standard InChI is InChI=1S/C14H27I/c1-5-14(4,12(3)15)10-11(2)13-8-6-7-9-13/h11-13H,5-10H2,1-4H3. The molecule has 3 atom stereocenters. The van der Waals surface area contributed by atoms with E-state index in [-0.39, 0.29) is 0 Å². The highest BCUT2D eigenvalue weighted by Crippen LogP contribution is 2.42. The summed E-state index contributed by atoms with van der Waals surface area (Å²) in [5.41, 5.74) is 0.558. The summed E-state index contributed by atoms with van der Waals surface area (Å²) in [5.74, 6) is 1.97. The molecule has 1 heteroatoms. The van der Waals surface area contributed by atoms with Gasteiger partial charge in [0.2, 0.25) is 0 Å². The van der Waals surface area contributed by atoms with Crippen molar-refractivity contribution in [3.8, 4) is 0 Å². The summed E-state index contributed by atoms with van der Waals surface area (Å²) in [6.07, 6.45) is 8.72. The Morgan fingerprint density at radius 2 is 1.80 bits per heavy atom. The molecule has 0 bridgehead atoms. The molecule has 0 saturated heterocycles. The summed E-state index contributed by atoms with van der Waals surface area (Å²) < 4.78 is 0.795. The molecule has 0 aliphatic heterocycles. The van der Waals surface area contributed by atoms with Gasteiger partial charge >= 0.3 is 0 Å². The fourth-order valence-corrected chi connectivity index (χ4v) is 3.71. The van der Waals surface area contributed by atoms with E-state index >= 15 is 0 Å². The van der Waals surface area contributed by atoms with Crippen LogP contribution < -0.4 is 0 Å². The summed E-state index contributed by atoms with van der Waals surface area (Å²) in [6.45, 7) is 9.71. The zero-order valence-electron chi connectivity index (χ0n) is 10.9. The minimum Gasteiger partial charge on any atom is -0.0823 e. The minimum absolute atomic E-state index is 0.558. The first-order chi connectivity index (χ1) is 6.99.